The fourth-order valence-electron chi connectivity index (χ4n) is 2.43. The Bertz CT molecular complexity index is 967. The van der Waals surface area contributed by atoms with Gasteiger partial charge < -0.3 is 9.47 Å². The highest BCUT2D eigenvalue weighted by Crippen LogP contribution is 2.30. The molecule has 0 bridgehead atoms. The third-order valence-electron chi connectivity index (χ3n) is 3.79. The molecule has 0 aromatic heterocycles. The monoisotopic (exact) mass is 375 g/mol. The second-order valence-electron chi connectivity index (χ2n) is 5.73. The highest BCUT2D eigenvalue weighted by atomic mass is 32.2. The zero-order valence-electron chi connectivity index (χ0n) is 14.0. The van der Waals surface area contributed by atoms with E-state index in [0.29, 0.717) is 24.7 Å². The minimum absolute atomic E-state index is 0.126. The van der Waals surface area contributed by atoms with Gasteiger partial charge in [-0.3, -0.25) is 9.59 Å². The molecule has 1 N–H and O–H groups in total. The average molecular weight is 375 g/mol. The van der Waals surface area contributed by atoms with Gasteiger partial charge in [-0.15, -0.1) is 0 Å². The average Bonchev–Trinajstić information content (AvgIpc) is 2.86. The lowest BCUT2D eigenvalue weighted by molar-refractivity contribution is 0.0979. The van der Waals surface area contributed by atoms with Crippen molar-refractivity contribution in [2.24, 2.45) is 0 Å². The summed E-state index contributed by atoms with van der Waals surface area (Å²) in [6.07, 6.45) is 0.719. The zero-order valence-corrected chi connectivity index (χ0v) is 14.8. The Morgan fingerprint density at radius 3 is 2.42 bits per heavy atom. The topological polar surface area (TPSA) is 98.8 Å². The zero-order chi connectivity index (χ0) is 18.7. The van der Waals surface area contributed by atoms with Gasteiger partial charge in [0.25, 0.3) is 15.9 Å². The summed E-state index contributed by atoms with van der Waals surface area (Å²) in [4.78, 5) is 23.6. The van der Waals surface area contributed by atoms with Crippen molar-refractivity contribution in [1.82, 2.24) is 4.72 Å². The van der Waals surface area contributed by atoms with Crippen LogP contribution in [0.25, 0.3) is 0 Å². The number of ketones is 1. The molecule has 0 fully saturated rings. The number of nitrogens with one attached hydrogen (secondary N) is 1. The molecule has 2 aromatic carbocycles. The summed E-state index contributed by atoms with van der Waals surface area (Å²) in [6.45, 7) is 2.30. The summed E-state index contributed by atoms with van der Waals surface area (Å²) in [5.41, 5.74) is 0.372. The van der Waals surface area contributed by atoms with Crippen LogP contribution in [0.1, 0.15) is 34.1 Å². The van der Waals surface area contributed by atoms with E-state index in [-0.39, 0.29) is 21.8 Å². The van der Waals surface area contributed by atoms with E-state index in [1.165, 1.54) is 43.3 Å². The number of ether oxygens (including phenoxy) is 2. The van der Waals surface area contributed by atoms with Crippen LogP contribution in [0.5, 0.6) is 11.5 Å². The summed E-state index contributed by atoms with van der Waals surface area (Å²) < 4.78 is 37.9. The maximum absolute atomic E-state index is 12.4. The molecular formula is C18H17NO6S. The van der Waals surface area contributed by atoms with Crippen molar-refractivity contribution in [1.29, 1.82) is 0 Å². The maximum atomic E-state index is 12.4. The summed E-state index contributed by atoms with van der Waals surface area (Å²) in [5, 5.41) is 0. The summed E-state index contributed by atoms with van der Waals surface area (Å²) in [7, 11) is -4.12. The van der Waals surface area contributed by atoms with Gasteiger partial charge in [-0.1, -0.05) is 12.1 Å². The highest BCUT2D eigenvalue weighted by molar-refractivity contribution is 7.90. The normalized spacial score (nSPS) is 13.6. The molecule has 0 saturated carbocycles. The third kappa shape index (κ3) is 3.85. The van der Waals surface area contributed by atoms with Crippen molar-refractivity contribution in [3.63, 3.8) is 0 Å². The molecule has 1 heterocycles. The van der Waals surface area contributed by atoms with Crippen LogP contribution in [0.2, 0.25) is 0 Å². The third-order valence-corrected chi connectivity index (χ3v) is 5.12. The maximum Gasteiger partial charge on any atom is 0.265 e. The van der Waals surface area contributed by atoms with Gasteiger partial charge in [-0.05, 0) is 37.3 Å². The van der Waals surface area contributed by atoms with E-state index in [1.807, 2.05) is 4.72 Å². The molecule has 0 unspecified atom stereocenters. The van der Waals surface area contributed by atoms with E-state index in [9.17, 15) is 18.0 Å². The summed E-state index contributed by atoms with van der Waals surface area (Å²) in [6, 6.07) is 9.97. The van der Waals surface area contributed by atoms with Crippen molar-refractivity contribution in [2.75, 3.05) is 13.2 Å². The van der Waals surface area contributed by atoms with Crippen LogP contribution in [-0.2, 0) is 10.0 Å². The van der Waals surface area contributed by atoms with E-state index >= 15 is 0 Å². The van der Waals surface area contributed by atoms with Crippen LogP contribution in [0.4, 0.5) is 0 Å². The van der Waals surface area contributed by atoms with Crippen LogP contribution < -0.4 is 14.2 Å². The molecule has 8 heteroatoms. The molecule has 2 aromatic rings. The van der Waals surface area contributed by atoms with Gasteiger partial charge in [0.05, 0.1) is 18.1 Å². The van der Waals surface area contributed by atoms with Gasteiger partial charge in [-0.2, -0.15) is 0 Å². The number of carbonyl (C=O) groups excluding carboxylic acids is 2. The molecule has 1 amide bonds. The van der Waals surface area contributed by atoms with Gasteiger partial charge in [0.15, 0.2) is 17.3 Å². The quantitative estimate of drug-likeness (QED) is 0.823. The van der Waals surface area contributed by atoms with Gasteiger partial charge in [0.2, 0.25) is 0 Å². The van der Waals surface area contributed by atoms with Gasteiger partial charge in [-0.25, -0.2) is 13.1 Å². The Hall–Kier alpha value is -2.87. The molecule has 3 rings (SSSR count). The molecule has 7 nitrogen and oxygen atoms in total. The minimum Gasteiger partial charge on any atom is -0.490 e. The van der Waals surface area contributed by atoms with Crippen molar-refractivity contribution < 1.29 is 27.5 Å². The van der Waals surface area contributed by atoms with Crippen LogP contribution >= 0.6 is 0 Å². The molecule has 0 atom stereocenters. The van der Waals surface area contributed by atoms with Gasteiger partial charge in [0.1, 0.15) is 0 Å². The van der Waals surface area contributed by atoms with E-state index in [1.54, 1.807) is 6.07 Å². The lowest BCUT2D eigenvalue weighted by Crippen LogP contribution is -2.30. The van der Waals surface area contributed by atoms with E-state index in [0.717, 1.165) is 6.42 Å². The SMILES string of the molecule is CC(=O)c1cccc(S(=O)(=O)NC(=O)c2ccc3c(c2)OCCCO3)c1. The van der Waals surface area contributed by atoms with Crippen molar-refractivity contribution in [3.8, 4) is 11.5 Å². The Morgan fingerprint density at radius 2 is 1.69 bits per heavy atom. The lowest BCUT2D eigenvalue weighted by Gasteiger charge is -2.10. The van der Waals surface area contributed by atoms with E-state index in [2.05, 4.69) is 0 Å². The molecule has 0 radical (unpaired) electrons. The van der Waals surface area contributed by atoms with Crippen molar-refractivity contribution in [3.05, 3.63) is 53.6 Å². The Labute approximate surface area is 151 Å². The molecule has 0 saturated heterocycles. The first kappa shape index (κ1) is 17.9. The second kappa shape index (κ2) is 7.17. The Morgan fingerprint density at radius 1 is 0.962 bits per heavy atom. The number of fused-ring (bicyclic) bond motifs is 1. The fraction of sp³-hybridized carbons (Fsp3) is 0.222. The van der Waals surface area contributed by atoms with Gasteiger partial charge in [0, 0.05) is 17.5 Å². The standard InChI is InChI=1S/C18H17NO6S/c1-12(20)13-4-2-5-15(10-13)26(22,23)19-18(21)14-6-7-16-17(11-14)25-9-3-8-24-16/h2,4-7,10-11H,3,8-9H2,1H3,(H,19,21). The van der Waals surface area contributed by atoms with E-state index < -0.39 is 15.9 Å². The summed E-state index contributed by atoms with van der Waals surface area (Å²) in [5.74, 6) is -0.160. The number of Topliss-reactive ketones (excluding diaryl/α,β-unsaturated/α-hetero) is 1. The first-order valence-electron chi connectivity index (χ1n) is 7.94. The lowest BCUT2D eigenvalue weighted by atomic mass is 10.2. The first-order chi connectivity index (χ1) is 12.4. The van der Waals surface area contributed by atoms with Crippen molar-refractivity contribution >= 4 is 21.7 Å². The van der Waals surface area contributed by atoms with Crippen molar-refractivity contribution in [2.45, 2.75) is 18.2 Å². The first-order valence-corrected chi connectivity index (χ1v) is 9.43. The highest BCUT2D eigenvalue weighted by Gasteiger charge is 2.21. The molecule has 1 aliphatic heterocycles. The number of carbonyl (C=O) groups is 2. The number of sulfonamides is 1. The van der Waals surface area contributed by atoms with E-state index in [4.69, 9.17) is 9.47 Å². The minimum atomic E-state index is -4.12. The number of rotatable bonds is 4. The second-order valence-corrected chi connectivity index (χ2v) is 7.41. The van der Waals surface area contributed by atoms with Crippen LogP contribution in [-0.4, -0.2) is 33.3 Å². The molecule has 0 spiro atoms. The predicted octanol–water partition coefficient (Wildman–Crippen LogP) is 2.17. The summed E-state index contributed by atoms with van der Waals surface area (Å²) >= 11 is 0. The Balaban J connectivity index is 1.84. The largest absolute Gasteiger partial charge is 0.490 e. The number of hydrogen-bond donors (Lipinski definition) is 1. The number of amides is 1. The Kier molecular flexibility index (Phi) is 4.94. The molecule has 136 valence electrons. The molecule has 0 aliphatic carbocycles. The van der Waals surface area contributed by atoms with Crippen LogP contribution in [0.15, 0.2) is 47.4 Å². The van der Waals surface area contributed by atoms with Crippen LogP contribution in [0.3, 0.4) is 0 Å². The smallest absolute Gasteiger partial charge is 0.265 e. The van der Waals surface area contributed by atoms with Gasteiger partial charge >= 0.3 is 0 Å². The molecule has 1 aliphatic rings. The predicted molar refractivity (Wildman–Crippen MR) is 93.1 cm³/mol. The molecular weight excluding hydrogens is 358 g/mol. The number of hydrogen-bond acceptors (Lipinski definition) is 6. The molecule has 26 heavy (non-hydrogen) atoms. The fourth-order valence-corrected chi connectivity index (χ4v) is 3.45. The van der Waals surface area contributed by atoms with Crippen LogP contribution in [0, 0.1) is 0 Å². The number of benzene rings is 2.